The highest BCUT2D eigenvalue weighted by Gasteiger charge is 2.44. The molecule has 2 aromatic rings. The van der Waals surface area contributed by atoms with Gasteiger partial charge in [0.25, 0.3) is 0 Å². The van der Waals surface area contributed by atoms with E-state index >= 15 is 0 Å². The molecule has 6 nitrogen and oxygen atoms in total. The van der Waals surface area contributed by atoms with E-state index in [0.717, 1.165) is 45.4 Å². The maximum atomic E-state index is 13.6. The van der Waals surface area contributed by atoms with Gasteiger partial charge in [-0.1, -0.05) is 96.5 Å². The van der Waals surface area contributed by atoms with Gasteiger partial charge in [-0.15, -0.1) is 0 Å². The van der Waals surface area contributed by atoms with E-state index < -0.39 is 0 Å². The average molecular weight is 685 g/mol. The Bertz CT molecular complexity index is 1370. The Labute approximate surface area is 304 Å². The van der Waals surface area contributed by atoms with Crippen molar-refractivity contribution >= 4 is 11.8 Å². The Morgan fingerprint density at radius 3 is 1.82 bits per heavy atom. The fraction of sp³-hybridized carbons (Fsp3) is 0.682. The molecule has 2 N–H and O–H groups in total. The third-order valence-electron chi connectivity index (χ3n) is 12.8. The van der Waals surface area contributed by atoms with Crippen LogP contribution in [0, 0.1) is 59.2 Å². The van der Waals surface area contributed by atoms with Crippen LogP contribution in [0.5, 0.6) is 0 Å². The van der Waals surface area contributed by atoms with Crippen LogP contribution in [-0.2, 0) is 35.8 Å². The Morgan fingerprint density at radius 1 is 0.720 bits per heavy atom. The van der Waals surface area contributed by atoms with Gasteiger partial charge in [-0.2, -0.15) is 0 Å². The third kappa shape index (κ3) is 10.2. The van der Waals surface area contributed by atoms with E-state index in [4.69, 9.17) is 0 Å². The van der Waals surface area contributed by atoms with Crippen LogP contribution < -0.4 is 10.6 Å². The van der Waals surface area contributed by atoms with Gasteiger partial charge in [0.2, 0.25) is 11.8 Å². The molecule has 2 saturated carbocycles. The number of amides is 2. The van der Waals surface area contributed by atoms with Gasteiger partial charge in [-0.25, -0.2) is 0 Å². The lowest BCUT2D eigenvalue weighted by Crippen LogP contribution is -2.44. The number of likely N-dealkylation sites (tertiary alicyclic amines) is 1. The van der Waals surface area contributed by atoms with Crippen LogP contribution in [0.15, 0.2) is 48.5 Å². The predicted molar refractivity (Wildman–Crippen MR) is 206 cm³/mol. The van der Waals surface area contributed by atoms with E-state index in [1.165, 1.54) is 41.5 Å². The summed E-state index contributed by atoms with van der Waals surface area (Å²) in [6.07, 6.45) is 6.84. The Hall–Kier alpha value is -2.70. The quantitative estimate of drug-likeness (QED) is 0.224. The fourth-order valence-electron chi connectivity index (χ4n) is 9.80. The molecule has 2 aliphatic carbocycles. The molecule has 0 radical (unpaired) electrons. The monoisotopic (exact) mass is 685 g/mol. The van der Waals surface area contributed by atoms with Crippen molar-refractivity contribution in [1.29, 1.82) is 0 Å². The molecule has 0 spiro atoms. The van der Waals surface area contributed by atoms with Crippen LogP contribution in [0.2, 0.25) is 0 Å². The van der Waals surface area contributed by atoms with E-state index in [9.17, 15) is 9.59 Å². The summed E-state index contributed by atoms with van der Waals surface area (Å²) < 4.78 is 0. The normalized spacial score (nSPS) is 29.1. The van der Waals surface area contributed by atoms with E-state index in [-0.39, 0.29) is 23.7 Å². The van der Waals surface area contributed by atoms with Gasteiger partial charge in [0, 0.05) is 44.6 Å². The largest absolute Gasteiger partial charge is 0.352 e. The molecule has 5 rings (SSSR count). The highest BCUT2D eigenvalue weighted by molar-refractivity contribution is 5.79. The van der Waals surface area contributed by atoms with Gasteiger partial charge in [0.15, 0.2) is 0 Å². The lowest BCUT2D eigenvalue weighted by atomic mass is 9.62. The summed E-state index contributed by atoms with van der Waals surface area (Å²) in [6, 6.07) is 17.6. The number of hydrogen-bond donors (Lipinski definition) is 2. The maximum absolute atomic E-state index is 13.6. The first-order chi connectivity index (χ1) is 23.9. The van der Waals surface area contributed by atoms with Crippen LogP contribution in [0.4, 0.5) is 0 Å². The summed E-state index contributed by atoms with van der Waals surface area (Å²) in [5.41, 5.74) is 4.99. The minimum absolute atomic E-state index is 0.0953. The van der Waals surface area contributed by atoms with E-state index in [2.05, 4.69) is 125 Å². The highest BCUT2D eigenvalue weighted by atomic mass is 16.2. The smallest absolute Gasteiger partial charge is 0.223 e. The molecule has 2 aromatic carbocycles. The van der Waals surface area contributed by atoms with Crippen LogP contribution >= 0.6 is 0 Å². The number of nitrogens with one attached hydrogen (secondary N) is 2. The number of hydrogen-bond acceptors (Lipinski definition) is 4. The van der Waals surface area contributed by atoms with Crippen molar-refractivity contribution in [2.75, 3.05) is 27.2 Å². The molecule has 2 amide bonds. The van der Waals surface area contributed by atoms with Crippen molar-refractivity contribution in [3.63, 3.8) is 0 Å². The molecule has 0 bridgehead atoms. The number of nitrogens with zero attached hydrogens (tertiary/aromatic N) is 2. The molecule has 1 heterocycles. The first-order valence-corrected chi connectivity index (χ1v) is 20.0. The van der Waals surface area contributed by atoms with Crippen LogP contribution in [0.1, 0.15) is 102 Å². The lowest BCUT2D eigenvalue weighted by molar-refractivity contribution is -0.131. The first kappa shape index (κ1) is 38.5. The second-order valence-corrected chi connectivity index (χ2v) is 17.6. The molecule has 276 valence electrons. The summed E-state index contributed by atoms with van der Waals surface area (Å²) in [7, 11) is 4.17. The minimum Gasteiger partial charge on any atom is -0.352 e. The minimum atomic E-state index is 0.0953. The van der Waals surface area contributed by atoms with Gasteiger partial charge in [-0.3, -0.25) is 14.5 Å². The summed E-state index contributed by atoms with van der Waals surface area (Å²) in [4.78, 5) is 31.6. The molecule has 8 atom stereocenters. The third-order valence-corrected chi connectivity index (χ3v) is 12.8. The van der Waals surface area contributed by atoms with Gasteiger partial charge in [-0.05, 0) is 122 Å². The van der Waals surface area contributed by atoms with E-state index in [1.54, 1.807) is 0 Å². The lowest BCUT2D eigenvalue weighted by Gasteiger charge is -2.44. The number of carbonyl (C=O) groups is 2. The fourth-order valence-corrected chi connectivity index (χ4v) is 9.80. The van der Waals surface area contributed by atoms with Gasteiger partial charge in [0.1, 0.15) is 0 Å². The first-order valence-electron chi connectivity index (χ1n) is 20.0. The second-order valence-electron chi connectivity index (χ2n) is 17.6. The topological polar surface area (TPSA) is 64.7 Å². The summed E-state index contributed by atoms with van der Waals surface area (Å²) >= 11 is 0. The van der Waals surface area contributed by atoms with Crippen LogP contribution in [-0.4, -0.2) is 48.8 Å². The number of carbonyl (C=O) groups excluding carboxylic acids is 2. The SMILES string of the molecule is CC(C)[C@@H]1CC[C@@H](C)C[C@H]1C(=O)NCc1ccc(CN2CCC(C3C[C@@H](C(C)C)[C@H](C(=O)NCc4ccc(CN(C)C)cc4)C[C@@H]3C)C2)cc1. The zero-order valence-electron chi connectivity index (χ0n) is 32.6. The summed E-state index contributed by atoms with van der Waals surface area (Å²) in [5.74, 6) is 5.27. The predicted octanol–water partition coefficient (Wildman–Crippen LogP) is 8.15. The van der Waals surface area contributed by atoms with Crippen molar-refractivity contribution in [2.24, 2.45) is 59.2 Å². The molecular formula is C44H68N4O2. The zero-order valence-corrected chi connectivity index (χ0v) is 32.6. The Morgan fingerprint density at radius 2 is 1.26 bits per heavy atom. The van der Waals surface area contributed by atoms with Crippen molar-refractivity contribution in [3.8, 4) is 0 Å². The van der Waals surface area contributed by atoms with E-state index in [0.29, 0.717) is 60.4 Å². The molecule has 1 aliphatic heterocycles. The van der Waals surface area contributed by atoms with Gasteiger partial charge < -0.3 is 15.5 Å². The molecule has 3 fully saturated rings. The van der Waals surface area contributed by atoms with Crippen molar-refractivity contribution < 1.29 is 9.59 Å². The van der Waals surface area contributed by atoms with E-state index in [1.807, 2.05) is 0 Å². The highest BCUT2D eigenvalue weighted by Crippen LogP contribution is 2.46. The maximum Gasteiger partial charge on any atom is 0.223 e. The van der Waals surface area contributed by atoms with Crippen molar-refractivity contribution in [2.45, 2.75) is 106 Å². The molecule has 2 unspecified atom stereocenters. The summed E-state index contributed by atoms with van der Waals surface area (Å²) in [6.45, 7) is 19.3. The number of rotatable bonds is 13. The van der Waals surface area contributed by atoms with Crippen LogP contribution in [0.3, 0.4) is 0 Å². The van der Waals surface area contributed by atoms with Gasteiger partial charge in [0.05, 0.1) is 0 Å². The van der Waals surface area contributed by atoms with Gasteiger partial charge >= 0.3 is 0 Å². The summed E-state index contributed by atoms with van der Waals surface area (Å²) in [5, 5.41) is 6.59. The zero-order chi connectivity index (χ0) is 35.9. The molecule has 0 aromatic heterocycles. The molecular weight excluding hydrogens is 617 g/mol. The molecule has 3 aliphatic rings. The molecule has 50 heavy (non-hydrogen) atoms. The van der Waals surface area contributed by atoms with Crippen LogP contribution in [0.25, 0.3) is 0 Å². The standard InChI is InChI=1S/C44H68N4O2/c1-29(2)38-18-9-31(5)21-41(38)43(49)45-24-34-12-16-36(17-13-34)27-48-20-19-37(28-48)40-23-39(30(3)4)42(22-32(40)6)44(50)46-25-33-10-14-35(15-11-33)26-47(7)8/h10-17,29-32,37-42H,9,18-28H2,1-8H3,(H,45,49)(H,46,50)/t31-,32+,37?,38+,39+,40?,41-,42-/m1/s1. The van der Waals surface area contributed by atoms with Crippen molar-refractivity contribution in [3.05, 3.63) is 70.8 Å². The Balaban J connectivity index is 1.09. The second kappa shape index (κ2) is 17.7. The van der Waals surface area contributed by atoms with Crippen molar-refractivity contribution in [1.82, 2.24) is 20.4 Å². The number of benzene rings is 2. The Kier molecular flexibility index (Phi) is 13.6. The molecule has 6 heteroatoms. The molecule has 1 saturated heterocycles. The average Bonchev–Trinajstić information content (AvgIpc) is 3.54.